The van der Waals surface area contributed by atoms with E-state index >= 15 is 0 Å². The molecule has 0 saturated carbocycles. The predicted molar refractivity (Wildman–Crippen MR) is 60.3 cm³/mol. The fourth-order valence-corrected chi connectivity index (χ4v) is 1.51. The van der Waals surface area contributed by atoms with E-state index in [1.54, 1.807) is 20.4 Å². The van der Waals surface area contributed by atoms with Gasteiger partial charge in [-0.15, -0.1) is 10.2 Å². The maximum absolute atomic E-state index is 5.19. The second-order valence-electron chi connectivity index (χ2n) is 3.22. The molecular weight excluding hydrogens is 206 g/mol. The van der Waals surface area contributed by atoms with Crippen molar-refractivity contribution < 1.29 is 4.74 Å². The van der Waals surface area contributed by atoms with Gasteiger partial charge in [0.2, 0.25) is 11.8 Å². The molecule has 1 N–H and O–H groups in total. The molecule has 0 atom stereocenters. The second kappa shape index (κ2) is 4.18. The summed E-state index contributed by atoms with van der Waals surface area (Å²) in [4.78, 5) is 4.13. The van der Waals surface area contributed by atoms with E-state index in [0.29, 0.717) is 17.7 Å². The topological polar surface area (TPSA) is 64.9 Å². The van der Waals surface area contributed by atoms with Gasteiger partial charge in [-0.3, -0.25) is 4.57 Å². The van der Waals surface area contributed by atoms with Crippen LogP contribution in [-0.4, -0.2) is 33.9 Å². The van der Waals surface area contributed by atoms with Gasteiger partial charge in [-0.05, 0) is 12.1 Å². The average Bonchev–Trinajstić information content (AvgIpc) is 2.70. The standard InChI is InChI=1S/C10H13N5O/c1-11-10-14-13-8(15(10)2)7-5-4-6-12-9(7)16-3/h4-6H,1-3H3,(H,11,14). The smallest absolute Gasteiger partial charge is 0.224 e. The molecule has 0 saturated heterocycles. The summed E-state index contributed by atoms with van der Waals surface area (Å²) in [6.07, 6.45) is 1.68. The van der Waals surface area contributed by atoms with E-state index in [9.17, 15) is 0 Å². The van der Waals surface area contributed by atoms with Crippen molar-refractivity contribution in [3.63, 3.8) is 0 Å². The van der Waals surface area contributed by atoms with Crippen LogP contribution >= 0.6 is 0 Å². The number of aromatic nitrogens is 4. The fourth-order valence-electron chi connectivity index (χ4n) is 1.51. The van der Waals surface area contributed by atoms with Crippen LogP contribution in [-0.2, 0) is 7.05 Å². The Hall–Kier alpha value is -2.11. The van der Waals surface area contributed by atoms with Crippen LogP contribution in [0.1, 0.15) is 0 Å². The van der Waals surface area contributed by atoms with Crippen LogP contribution in [0.25, 0.3) is 11.4 Å². The van der Waals surface area contributed by atoms with E-state index < -0.39 is 0 Å². The normalized spacial score (nSPS) is 10.2. The van der Waals surface area contributed by atoms with Crippen LogP contribution in [0.4, 0.5) is 5.95 Å². The lowest BCUT2D eigenvalue weighted by molar-refractivity contribution is 0.399. The van der Waals surface area contributed by atoms with Gasteiger partial charge in [-0.1, -0.05) is 0 Å². The fraction of sp³-hybridized carbons (Fsp3) is 0.300. The Labute approximate surface area is 93.3 Å². The first kappa shape index (κ1) is 10.4. The lowest BCUT2D eigenvalue weighted by Crippen LogP contribution is -2.01. The minimum absolute atomic E-state index is 0.542. The maximum Gasteiger partial charge on any atom is 0.224 e. The highest BCUT2D eigenvalue weighted by Gasteiger charge is 2.14. The molecule has 0 bridgehead atoms. The third-order valence-corrected chi connectivity index (χ3v) is 2.30. The number of pyridine rings is 1. The highest BCUT2D eigenvalue weighted by molar-refractivity contribution is 5.62. The highest BCUT2D eigenvalue weighted by atomic mass is 16.5. The van der Waals surface area contributed by atoms with Gasteiger partial charge in [0.05, 0.1) is 12.7 Å². The van der Waals surface area contributed by atoms with E-state index in [2.05, 4.69) is 20.5 Å². The summed E-state index contributed by atoms with van der Waals surface area (Å²) in [6, 6.07) is 3.74. The number of hydrogen-bond donors (Lipinski definition) is 1. The molecule has 6 nitrogen and oxygen atoms in total. The number of rotatable bonds is 3. The molecule has 0 spiro atoms. The van der Waals surface area contributed by atoms with Crippen molar-refractivity contribution >= 4 is 5.95 Å². The Balaban J connectivity index is 2.54. The summed E-state index contributed by atoms with van der Waals surface area (Å²) >= 11 is 0. The number of hydrogen-bond acceptors (Lipinski definition) is 5. The van der Waals surface area contributed by atoms with Crippen molar-refractivity contribution in [2.75, 3.05) is 19.5 Å². The number of anilines is 1. The predicted octanol–water partition coefficient (Wildman–Crippen LogP) is 0.927. The van der Waals surface area contributed by atoms with Gasteiger partial charge in [-0.25, -0.2) is 4.98 Å². The van der Waals surface area contributed by atoms with E-state index in [1.807, 2.05) is 23.7 Å². The third-order valence-electron chi connectivity index (χ3n) is 2.30. The van der Waals surface area contributed by atoms with Crippen LogP contribution < -0.4 is 10.1 Å². The van der Waals surface area contributed by atoms with Gasteiger partial charge in [0.25, 0.3) is 0 Å². The lowest BCUT2D eigenvalue weighted by atomic mass is 10.2. The van der Waals surface area contributed by atoms with Crippen LogP contribution in [0.3, 0.4) is 0 Å². The largest absolute Gasteiger partial charge is 0.480 e. The Kier molecular flexibility index (Phi) is 2.72. The van der Waals surface area contributed by atoms with Crippen molar-refractivity contribution in [1.82, 2.24) is 19.7 Å². The lowest BCUT2D eigenvalue weighted by Gasteiger charge is -2.06. The molecule has 16 heavy (non-hydrogen) atoms. The summed E-state index contributed by atoms with van der Waals surface area (Å²) < 4.78 is 7.03. The van der Waals surface area contributed by atoms with E-state index in [1.165, 1.54) is 0 Å². The number of ether oxygens (including phenoxy) is 1. The molecule has 2 rings (SSSR count). The minimum Gasteiger partial charge on any atom is -0.480 e. The van der Waals surface area contributed by atoms with Gasteiger partial charge < -0.3 is 10.1 Å². The quantitative estimate of drug-likeness (QED) is 0.831. The highest BCUT2D eigenvalue weighted by Crippen LogP contribution is 2.26. The molecule has 0 aliphatic rings. The van der Waals surface area contributed by atoms with Crippen molar-refractivity contribution in [2.24, 2.45) is 7.05 Å². The molecular formula is C10H13N5O. The summed E-state index contributed by atoms with van der Waals surface area (Å²) in [5.74, 6) is 1.95. The van der Waals surface area contributed by atoms with Gasteiger partial charge >= 0.3 is 0 Å². The van der Waals surface area contributed by atoms with Gasteiger partial charge in [-0.2, -0.15) is 0 Å². The SMILES string of the molecule is CNc1nnc(-c2cccnc2OC)n1C. The third kappa shape index (κ3) is 1.58. The summed E-state index contributed by atoms with van der Waals surface area (Å²) in [6.45, 7) is 0. The molecule has 6 heteroatoms. The molecule has 84 valence electrons. The number of methoxy groups -OCH3 is 1. The van der Waals surface area contributed by atoms with Crippen molar-refractivity contribution in [1.29, 1.82) is 0 Å². The van der Waals surface area contributed by atoms with E-state index in [4.69, 9.17) is 4.74 Å². The second-order valence-corrected chi connectivity index (χ2v) is 3.22. The van der Waals surface area contributed by atoms with Gasteiger partial charge in [0, 0.05) is 20.3 Å². The Morgan fingerprint density at radius 3 is 2.81 bits per heavy atom. The Morgan fingerprint density at radius 2 is 2.19 bits per heavy atom. The van der Waals surface area contributed by atoms with Crippen molar-refractivity contribution in [3.8, 4) is 17.3 Å². The molecule has 0 radical (unpaired) electrons. The molecule has 0 fully saturated rings. The van der Waals surface area contributed by atoms with E-state index in [-0.39, 0.29) is 0 Å². The summed E-state index contributed by atoms with van der Waals surface area (Å²) in [5, 5.41) is 11.1. The zero-order valence-corrected chi connectivity index (χ0v) is 9.43. The van der Waals surface area contributed by atoms with E-state index in [0.717, 1.165) is 5.56 Å². The number of nitrogens with one attached hydrogen (secondary N) is 1. The van der Waals surface area contributed by atoms with Gasteiger partial charge in [0.1, 0.15) is 0 Å². The Bertz CT molecular complexity index is 494. The molecule has 0 aromatic carbocycles. The first-order valence-electron chi connectivity index (χ1n) is 4.84. The first-order valence-corrected chi connectivity index (χ1v) is 4.84. The van der Waals surface area contributed by atoms with Crippen molar-refractivity contribution in [2.45, 2.75) is 0 Å². The zero-order chi connectivity index (χ0) is 11.5. The van der Waals surface area contributed by atoms with Crippen LogP contribution in [0.5, 0.6) is 5.88 Å². The van der Waals surface area contributed by atoms with Crippen molar-refractivity contribution in [3.05, 3.63) is 18.3 Å². The molecule has 0 amide bonds. The first-order chi connectivity index (χ1) is 7.77. The van der Waals surface area contributed by atoms with Gasteiger partial charge in [0.15, 0.2) is 5.82 Å². The summed E-state index contributed by atoms with van der Waals surface area (Å²) in [7, 11) is 5.27. The van der Waals surface area contributed by atoms with Crippen LogP contribution in [0.15, 0.2) is 18.3 Å². The Morgan fingerprint density at radius 1 is 1.38 bits per heavy atom. The molecule has 0 aliphatic carbocycles. The molecule has 0 aliphatic heterocycles. The van der Waals surface area contributed by atoms with Crippen LogP contribution in [0, 0.1) is 0 Å². The molecule has 2 aromatic rings. The maximum atomic E-state index is 5.19. The van der Waals surface area contributed by atoms with Crippen LogP contribution in [0.2, 0.25) is 0 Å². The minimum atomic E-state index is 0.542. The molecule has 2 heterocycles. The number of nitrogens with zero attached hydrogens (tertiary/aromatic N) is 4. The summed E-state index contributed by atoms with van der Waals surface area (Å²) in [5.41, 5.74) is 0.821. The average molecular weight is 219 g/mol. The molecule has 0 unspecified atom stereocenters. The monoisotopic (exact) mass is 219 g/mol. The molecule has 2 aromatic heterocycles. The zero-order valence-electron chi connectivity index (χ0n) is 9.43.